The smallest absolute Gasteiger partial charge is 0.226 e. The third-order valence-corrected chi connectivity index (χ3v) is 4.53. The van der Waals surface area contributed by atoms with Crippen LogP contribution in [0.15, 0.2) is 54.7 Å². The van der Waals surface area contributed by atoms with Crippen molar-refractivity contribution in [1.29, 1.82) is 0 Å². The van der Waals surface area contributed by atoms with Gasteiger partial charge in [-0.25, -0.2) is 9.97 Å². The highest BCUT2D eigenvalue weighted by molar-refractivity contribution is 5.86. The molecule has 1 aromatic heterocycles. The molecule has 2 heterocycles. The summed E-state index contributed by atoms with van der Waals surface area (Å²) in [6.45, 7) is 1.07. The summed E-state index contributed by atoms with van der Waals surface area (Å²) in [6.07, 6.45) is 3.88. The predicted molar refractivity (Wildman–Crippen MR) is 92.4 cm³/mol. The molecule has 23 heavy (non-hydrogen) atoms. The molecule has 0 amide bonds. The number of fused-ring (bicyclic) bond motifs is 1. The van der Waals surface area contributed by atoms with Gasteiger partial charge in [0.2, 0.25) is 5.95 Å². The van der Waals surface area contributed by atoms with Crippen molar-refractivity contribution in [2.24, 2.45) is 0 Å². The van der Waals surface area contributed by atoms with E-state index in [1.165, 1.54) is 10.8 Å². The molecule has 0 unspecified atom stereocenters. The monoisotopic (exact) mass is 305 g/mol. The van der Waals surface area contributed by atoms with Crippen molar-refractivity contribution in [3.63, 3.8) is 0 Å². The summed E-state index contributed by atoms with van der Waals surface area (Å²) in [7, 11) is 0. The molecule has 4 heteroatoms. The highest BCUT2D eigenvalue weighted by Crippen LogP contribution is 2.26. The molecule has 0 radical (unpaired) electrons. The number of hydrogen-bond acceptors (Lipinski definition) is 4. The lowest BCUT2D eigenvalue weighted by Gasteiger charge is -2.23. The summed E-state index contributed by atoms with van der Waals surface area (Å²) in [5, 5.41) is 11.9. The molecule has 1 saturated heterocycles. The molecule has 0 spiro atoms. The molecule has 1 aliphatic rings. The van der Waals surface area contributed by atoms with Crippen LogP contribution < -0.4 is 4.90 Å². The van der Waals surface area contributed by atoms with Gasteiger partial charge in [-0.1, -0.05) is 36.4 Å². The Morgan fingerprint density at radius 2 is 1.96 bits per heavy atom. The van der Waals surface area contributed by atoms with Gasteiger partial charge in [-0.05, 0) is 35.7 Å². The number of rotatable bonds is 3. The van der Waals surface area contributed by atoms with Crippen LogP contribution in [0.3, 0.4) is 0 Å². The standard InChI is InChI=1S/C19H19N3O/c23-13-17-6-3-11-22(17)19-20-10-9-18(21-19)16-8-7-14-4-1-2-5-15(14)12-16/h1-2,4-5,7-10,12,17,23H,3,6,11,13H2/t17-/m1/s1. The minimum atomic E-state index is 0.141. The summed E-state index contributed by atoms with van der Waals surface area (Å²) in [5.41, 5.74) is 2.01. The zero-order valence-corrected chi connectivity index (χ0v) is 12.9. The number of aliphatic hydroxyl groups is 1. The van der Waals surface area contributed by atoms with Gasteiger partial charge < -0.3 is 10.0 Å². The molecule has 2 aromatic carbocycles. The highest BCUT2D eigenvalue weighted by atomic mass is 16.3. The Morgan fingerprint density at radius 3 is 2.83 bits per heavy atom. The second kappa shape index (κ2) is 5.97. The predicted octanol–water partition coefficient (Wildman–Crippen LogP) is 3.26. The van der Waals surface area contributed by atoms with Crippen molar-refractivity contribution in [3.05, 3.63) is 54.7 Å². The van der Waals surface area contributed by atoms with Crippen molar-refractivity contribution in [1.82, 2.24) is 9.97 Å². The van der Waals surface area contributed by atoms with Crippen LogP contribution in [0.2, 0.25) is 0 Å². The number of aromatic nitrogens is 2. The van der Waals surface area contributed by atoms with Gasteiger partial charge in [0.05, 0.1) is 18.3 Å². The lowest BCUT2D eigenvalue weighted by Crippen LogP contribution is -2.33. The molecule has 0 saturated carbocycles. The van der Waals surface area contributed by atoms with Gasteiger partial charge in [0.15, 0.2) is 0 Å². The van der Waals surface area contributed by atoms with Crippen molar-refractivity contribution < 1.29 is 5.11 Å². The van der Waals surface area contributed by atoms with Crippen LogP contribution in [-0.4, -0.2) is 34.3 Å². The quantitative estimate of drug-likeness (QED) is 0.807. The van der Waals surface area contributed by atoms with Crippen molar-refractivity contribution in [3.8, 4) is 11.3 Å². The Balaban J connectivity index is 1.72. The summed E-state index contributed by atoms with van der Waals surface area (Å²) >= 11 is 0. The fraction of sp³-hybridized carbons (Fsp3) is 0.263. The Hall–Kier alpha value is -2.46. The van der Waals surface area contributed by atoms with E-state index >= 15 is 0 Å². The van der Waals surface area contributed by atoms with Crippen LogP contribution in [0.1, 0.15) is 12.8 Å². The fourth-order valence-electron chi connectivity index (χ4n) is 3.29. The minimum Gasteiger partial charge on any atom is -0.394 e. The third-order valence-electron chi connectivity index (χ3n) is 4.53. The largest absolute Gasteiger partial charge is 0.394 e. The van der Waals surface area contributed by atoms with E-state index in [1.54, 1.807) is 6.20 Å². The van der Waals surface area contributed by atoms with E-state index in [2.05, 4.69) is 40.2 Å². The molecule has 0 aliphatic carbocycles. The Kier molecular flexibility index (Phi) is 3.67. The van der Waals surface area contributed by atoms with Crippen molar-refractivity contribution in [2.45, 2.75) is 18.9 Å². The van der Waals surface area contributed by atoms with E-state index in [4.69, 9.17) is 4.98 Å². The lowest BCUT2D eigenvalue weighted by molar-refractivity contribution is 0.265. The van der Waals surface area contributed by atoms with Gasteiger partial charge in [-0.15, -0.1) is 0 Å². The molecule has 1 aliphatic heterocycles. The summed E-state index contributed by atoms with van der Waals surface area (Å²) in [6, 6.07) is 16.8. The second-order valence-corrected chi connectivity index (χ2v) is 5.98. The van der Waals surface area contributed by atoms with Crippen LogP contribution >= 0.6 is 0 Å². The van der Waals surface area contributed by atoms with E-state index < -0.39 is 0 Å². The zero-order valence-electron chi connectivity index (χ0n) is 12.9. The molecule has 4 rings (SSSR count). The maximum absolute atomic E-state index is 9.51. The van der Waals surface area contributed by atoms with Crippen LogP contribution in [-0.2, 0) is 0 Å². The van der Waals surface area contributed by atoms with Crippen LogP contribution in [0.25, 0.3) is 22.0 Å². The average molecular weight is 305 g/mol. The van der Waals surface area contributed by atoms with Gasteiger partial charge in [-0.2, -0.15) is 0 Å². The van der Waals surface area contributed by atoms with Crippen LogP contribution in [0.5, 0.6) is 0 Å². The number of hydrogen-bond donors (Lipinski definition) is 1. The molecular formula is C19H19N3O. The minimum absolute atomic E-state index is 0.141. The highest BCUT2D eigenvalue weighted by Gasteiger charge is 2.26. The van der Waals surface area contributed by atoms with Crippen LogP contribution in [0.4, 0.5) is 5.95 Å². The molecular weight excluding hydrogens is 286 g/mol. The molecule has 116 valence electrons. The molecule has 1 atom stereocenters. The summed E-state index contributed by atoms with van der Waals surface area (Å²) < 4.78 is 0. The Morgan fingerprint density at radius 1 is 1.09 bits per heavy atom. The van der Waals surface area contributed by atoms with E-state index in [-0.39, 0.29) is 12.6 Å². The zero-order chi connectivity index (χ0) is 15.6. The SMILES string of the molecule is OC[C@H]1CCCN1c1nccc(-c2ccc3ccccc3c2)n1. The number of nitrogens with zero attached hydrogens (tertiary/aromatic N) is 3. The van der Waals surface area contributed by atoms with Gasteiger partial charge >= 0.3 is 0 Å². The molecule has 1 fully saturated rings. The third kappa shape index (κ3) is 2.66. The molecule has 4 nitrogen and oxygen atoms in total. The topological polar surface area (TPSA) is 49.2 Å². The van der Waals surface area contributed by atoms with Gasteiger partial charge in [0.25, 0.3) is 0 Å². The number of anilines is 1. The van der Waals surface area contributed by atoms with E-state index in [0.717, 1.165) is 30.6 Å². The van der Waals surface area contributed by atoms with E-state index in [0.29, 0.717) is 5.95 Å². The van der Waals surface area contributed by atoms with Crippen molar-refractivity contribution >= 4 is 16.7 Å². The molecule has 3 aromatic rings. The normalized spacial score (nSPS) is 17.8. The summed E-state index contributed by atoms with van der Waals surface area (Å²) in [5.74, 6) is 0.715. The molecule has 1 N–H and O–H groups in total. The second-order valence-electron chi connectivity index (χ2n) is 5.98. The van der Waals surface area contributed by atoms with E-state index in [1.807, 2.05) is 18.2 Å². The average Bonchev–Trinajstić information content (AvgIpc) is 3.10. The van der Waals surface area contributed by atoms with E-state index in [9.17, 15) is 5.11 Å². The lowest BCUT2D eigenvalue weighted by atomic mass is 10.1. The Bertz CT molecular complexity index is 833. The molecule has 0 bridgehead atoms. The van der Waals surface area contributed by atoms with Crippen molar-refractivity contribution in [2.75, 3.05) is 18.1 Å². The first kappa shape index (κ1) is 14.2. The van der Waals surface area contributed by atoms with Gasteiger partial charge in [0, 0.05) is 18.3 Å². The Labute approximate surface area is 135 Å². The maximum atomic E-state index is 9.51. The number of benzene rings is 2. The maximum Gasteiger partial charge on any atom is 0.226 e. The first-order chi connectivity index (χ1) is 11.3. The summed E-state index contributed by atoms with van der Waals surface area (Å²) in [4.78, 5) is 11.3. The van der Waals surface area contributed by atoms with Gasteiger partial charge in [-0.3, -0.25) is 0 Å². The first-order valence-electron chi connectivity index (χ1n) is 8.05. The van der Waals surface area contributed by atoms with Crippen LogP contribution in [0, 0.1) is 0 Å². The fourth-order valence-corrected chi connectivity index (χ4v) is 3.29. The number of aliphatic hydroxyl groups excluding tert-OH is 1. The first-order valence-corrected chi connectivity index (χ1v) is 8.05. The van der Waals surface area contributed by atoms with Gasteiger partial charge in [0.1, 0.15) is 0 Å².